The van der Waals surface area contributed by atoms with Crippen LogP contribution in [0.25, 0.3) is 6.08 Å². The molecule has 2 fully saturated rings. The van der Waals surface area contributed by atoms with Gasteiger partial charge in [-0.15, -0.1) is 0 Å². The number of likely N-dealkylation sites (tertiary alicyclic amines) is 2. The molecule has 2 amide bonds. The molecule has 2 aromatic rings. The van der Waals surface area contributed by atoms with E-state index in [1.165, 1.54) is 10.5 Å². The van der Waals surface area contributed by atoms with Crippen molar-refractivity contribution in [2.45, 2.75) is 77.5 Å². The third kappa shape index (κ3) is 6.79. The normalized spacial score (nSPS) is 24.5. The van der Waals surface area contributed by atoms with Crippen LogP contribution in [-0.4, -0.2) is 68.8 Å². The largest absolute Gasteiger partial charge is 0.508 e. The molecule has 0 saturated carbocycles. The van der Waals surface area contributed by atoms with E-state index in [0.29, 0.717) is 25.7 Å². The number of rotatable bonds is 11. The zero-order valence-corrected chi connectivity index (χ0v) is 25.5. The fourth-order valence-corrected chi connectivity index (χ4v) is 7.54. The molecule has 4 atom stereocenters. The Kier molecular flexibility index (Phi) is 10.2. The van der Waals surface area contributed by atoms with Crippen LogP contribution in [0.1, 0.15) is 69.9 Å². The quantitative estimate of drug-likeness (QED) is 0.244. The molecule has 2 heterocycles. The van der Waals surface area contributed by atoms with Gasteiger partial charge in [0.2, 0.25) is 11.8 Å². The minimum absolute atomic E-state index is 0.100. The standard InChI is InChI=1S/C36H46N2O5/c1-3-24(19-26-11-8-12-29(40)20-26)13-14-32(41)33-27(4-2)21-30-34(31(33)23-39)36(43)38(35(30)42)28-15-17-37(18-16-28)22-25-9-6-5-7-10-25/h5-12,19-20,28,30-32,34,39-41H,3-4,13-18,21-23H2,1-2H3/b24-19+/t30-,31+,32-,34-/m1/s1. The number of phenolic OH excluding ortho intramolecular Hbond substituents is 1. The number of allylic oxidation sites excluding steroid dienone is 2. The third-order valence-electron chi connectivity index (χ3n) is 9.81. The number of hydrogen-bond donors (Lipinski definition) is 3. The van der Waals surface area contributed by atoms with Gasteiger partial charge in [-0.25, -0.2) is 0 Å². The first kappa shape index (κ1) is 31.2. The molecular weight excluding hydrogens is 540 g/mol. The first-order valence-corrected chi connectivity index (χ1v) is 16.0. The van der Waals surface area contributed by atoms with E-state index in [9.17, 15) is 24.9 Å². The molecule has 3 aliphatic rings. The van der Waals surface area contributed by atoms with Crippen molar-refractivity contribution in [3.8, 4) is 5.75 Å². The first-order valence-electron chi connectivity index (χ1n) is 16.0. The van der Waals surface area contributed by atoms with Crippen LogP contribution in [-0.2, 0) is 16.1 Å². The summed E-state index contributed by atoms with van der Waals surface area (Å²) in [7, 11) is 0. The Balaban J connectivity index is 1.27. The van der Waals surface area contributed by atoms with Crippen molar-refractivity contribution >= 4 is 17.9 Å². The van der Waals surface area contributed by atoms with Crippen molar-refractivity contribution in [1.29, 1.82) is 0 Å². The van der Waals surface area contributed by atoms with Crippen molar-refractivity contribution in [2.75, 3.05) is 19.7 Å². The fraction of sp³-hybridized carbons (Fsp3) is 0.500. The second kappa shape index (κ2) is 14.0. The van der Waals surface area contributed by atoms with Gasteiger partial charge in [0.1, 0.15) is 5.75 Å². The predicted octanol–water partition coefficient (Wildman–Crippen LogP) is 5.31. The van der Waals surface area contributed by atoms with Gasteiger partial charge in [-0.2, -0.15) is 0 Å². The number of benzene rings is 2. The maximum Gasteiger partial charge on any atom is 0.234 e. The van der Waals surface area contributed by atoms with E-state index in [2.05, 4.69) is 24.0 Å². The van der Waals surface area contributed by atoms with Gasteiger partial charge in [0.05, 0.1) is 24.5 Å². The van der Waals surface area contributed by atoms with Crippen molar-refractivity contribution in [1.82, 2.24) is 9.80 Å². The number of nitrogens with zero attached hydrogens (tertiary/aromatic N) is 2. The predicted molar refractivity (Wildman–Crippen MR) is 168 cm³/mol. The van der Waals surface area contributed by atoms with Gasteiger partial charge < -0.3 is 15.3 Å². The lowest BCUT2D eigenvalue weighted by Crippen LogP contribution is -2.47. The van der Waals surface area contributed by atoms with Crippen LogP contribution in [0.15, 0.2) is 71.3 Å². The Hall–Kier alpha value is -3.26. The zero-order valence-electron chi connectivity index (χ0n) is 25.5. The summed E-state index contributed by atoms with van der Waals surface area (Å²) in [6.45, 7) is 6.35. The van der Waals surface area contributed by atoms with E-state index >= 15 is 0 Å². The molecule has 2 saturated heterocycles. The second-order valence-electron chi connectivity index (χ2n) is 12.4. The molecule has 230 valence electrons. The number of aromatic hydroxyl groups is 1. The maximum absolute atomic E-state index is 13.9. The van der Waals surface area contributed by atoms with Crippen LogP contribution in [0, 0.1) is 17.8 Å². The van der Waals surface area contributed by atoms with Gasteiger partial charge in [0, 0.05) is 31.6 Å². The molecule has 7 nitrogen and oxygen atoms in total. The van der Waals surface area contributed by atoms with Crippen molar-refractivity contribution in [3.05, 3.63) is 82.4 Å². The number of phenols is 1. The molecule has 0 aromatic heterocycles. The lowest BCUT2D eigenvalue weighted by molar-refractivity contribution is -0.144. The molecule has 7 heteroatoms. The lowest BCUT2D eigenvalue weighted by Gasteiger charge is -2.37. The Labute approximate surface area is 255 Å². The summed E-state index contributed by atoms with van der Waals surface area (Å²) in [4.78, 5) is 31.6. The van der Waals surface area contributed by atoms with Crippen molar-refractivity contribution in [3.63, 3.8) is 0 Å². The van der Waals surface area contributed by atoms with Gasteiger partial charge in [0.25, 0.3) is 0 Å². The SMILES string of the molecule is CCC1=C([C@H](O)CC/C(=C/c2cccc(O)c2)CC)[C@H](CO)[C@@H]2C(=O)N(C3CCN(Cc4ccccc4)CC3)C(=O)[C@@H]2C1. The number of piperidine rings is 1. The summed E-state index contributed by atoms with van der Waals surface area (Å²) in [5.41, 5.74) is 5.09. The number of fused-ring (bicyclic) bond motifs is 1. The summed E-state index contributed by atoms with van der Waals surface area (Å²) in [5.74, 6) is -1.69. The number of carbonyl (C=O) groups is 2. The van der Waals surface area contributed by atoms with E-state index < -0.39 is 23.9 Å². The summed E-state index contributed by atoms with van der Waals surface area (Å²) in [5, 5.41) is 32.0. The van der Waals surface area contributed by atoms with Gasteiger partial charge in [-0.3, -0.25) is 19.4 Å². The topological polar surface area (TPSA) is 101 Å². The molecule has 43 heavy (non-hydrogen) atoms. The average molecular weight is 587 g/mol. The molecule has 0 spiro atoms. The number of carbonyl (C=O) groups excluding carboxylic acids is 2. The molecule has 0 radical (unpaired) electrons. The maximum atomic E-state index is 13.9. The Morgan fingerprint density at radius 3 is 2.42 bits per heavy atom. The number of imide groups is 1. The van der Waals surface area contributed by atoms with E-state index in [1.54, 1.807) is 12.1 Å². The Morgan fingerprint density at radius 2 is 1.77 bits per heavy atom. The highest BCUT2D eigenvalue weighted by molar-refractivity contribution is 6.06. The highest BCUT2D eigenvalue weighted by atomic mass is 16.3. The average Bonchev–Trinajstić information content (AvgIpc) is 3.27. The lowest BCUT2D eigenvalue weighted by atomic mass is 9.67. The smallest absolute Gasteiger partial charge is 0.234 e. The van der Waals surface area contributed by atoms with Gasteiger partial charge >= 0.3 is 0 Å². The van der Waals surface area contributed by atoms with Gasteiger partial charge in [0.15, 0.2) is 0 Å². The van der Waals surface area contributed by atoms with Gasteiger partial charge in [-0.1, -0.05) is 73.5 Å². The molecule has 2 aromatic carbocycles. The number of aliphatic hydroxyl groups excluding tert-OH is 2. The number of hydrogen-bond acceptors (Lipinski definition) is 6. The first-order chi connectivity index (χ1) is 20.8. The highest BCUT2D eigenvalue weighted by Crippen LogP contribution is 2.48. The minimum atomic E-state index is -0.801. The third-order valence-corrected chi connectivity index (χ3v) is 9.81. The Morgan fingerprint density at radius 1 is 1.02 bits per heavy atom. The van der Waals surface area contributed by atoms with Crippen molar-refractivity contribution < 1.29 is 24.9 Å². The fourth-order valence-electron chi connectivity index (χ4n) is 7.54. The van der Waals surface area contributed by atoms with Crippen LogP contribution >= 0.6 is 0 Å². The Bertz CT molecular complexity index is 1340. The second-order valence-corrected chi connectivity index (χ2v) is 12.4. The van der Waals surface area contributed by atoms with Crippen molar-refractivity contribution in [2.24, 2.45) is 17.8 Å². The van der Waals surface area contributed by atoms with E-state index in [0.717, 1.165) is 61.2 Å². The summed E-state index contributed by atoms with van der Waals surface area (Å²) in [6, 6.07) is 17.3. The minimum Gasteiger partial charge on any atom is -0.508 e. The van der Waals surface area contributed by atoms with Crippen LogP contribution in [0.2, 0.25) is 0 Å². The molecule has 0 unspecified atom stereocenters. The zero-order chi connectivity index (χ0) is 30.5. The van der Waals surface area contributed by atoms with Crippen LogP contribution < -0.4 is 0 Å². The van der Waals surface area contributed by atoms with Crippen LogP contribution in [0.5, 0.6) is 5.75 Å². The summed E-state index contributed by atoms with van der Waals surface area (Å²) < 4.78 is 0. The molecule has 3 N–H and O–H groups in total. The van der Waals surface area contributed by atoms with E-state index in [-0.39, 0.29) is 30.2 Å². The molecule has 5 rings (SSSR count). The molecular formula is C36H46N2O5. The van der Waals surface area contributed by atoms with Crippen LogP contribution in [0.3, 0.4) is 0 Å². The molecule has 1 aliphatic carbocycles. The summed E-state index contributed by atoms with van der Waals surface area (Å²) in [6.07, 6.45) is 5.82. The van der Waals surface area contributed by atoms with E-state index in [4.69, 9.17) is 0 Å². The molecule has 2 aliphatic heterocycles. The van der Waals surface area contributed by atoms with E-state index in [1.807, 2.05) is 43.3 Å². The summed E-state index contributed by atoms with van der Waals surface area (Å²) >= 11 is 0. The number of amides is 2. The highest BCUT2D eigenvalue weighted by Gasteiger charge is 2.56. The molecule has 0 bridgehead atoms. The monoisotopic (exact) mass is 586 g/mol. The number of aliphatic hydroxyl groups is 2. The van der Waals surface area contributed by atoms with Crippen LogP contribution in [0.4, 0.5) is 0 Å². The van der Waals surface area contributed by atoms with Gasteiger partial charge in [-0.05, 0) is 73.8 Å².